The minimum Gasteiger partial charge on any atom is -0.491 e. The van der Waals surface area contributed by atoms with Crippen LogP contribution in [0.15, 0.2) is 24.3 Å². The van der Waals surface area contributed by atoms with Crippen molar-refractivity contribution in [1.82, 2.24) is 0 Å². The lowest BCUT2D eigenvalue weighted by Gasteiger charge is -2.09. The Morgan fingerprint density at radius 2 is 0.717 bits per heavy atom. The highest BCUT2D eigenvalue weighted by atomic mass is 16.6. The number of rotatable bonds is 43. The van der Waals surface area contributed by atoms with Crippen LogP contribution in [0.3, 0.4) is 0 Å². The van der Waals surface area contributed by atoms with Crippen molar-refractivity contribution in [3.63, 3.8) is 0 Å². The Bertz CT molecular complexity index is 883. The van der Waals surface area contributed by atoms with Gasteiger partial charge in [-0.1, -0.05) is 32.6 Å². The Morgan fingerprint density at radius 3 is 1.06 bits per heavy atom. The smallest absolute Gasteiger partial charge is 0.305 e. The van der Waals surface area contributed by atoms with Crippen LogP contribution in [-0.2, 0) is 61.6 Å². The Balaban J connectivity index is 1.63. The molecule has 0 heterocycles. The van der Waals surface area contributed by atoms with Gasteiger partial charge in [-0.15, -0.1) is 0 Å². The summed E-state index contributed by atoms with van der Waals surface area (Å²) < 4.78 is 71.0. The third-order valence-corrected chi connectivity index (χ3v) is 7.07. The summed E-state index contributed by atoms with van der Waals surface area (Å²) in [5, 5.41) is 0. The minimum absolute atomic E-state index is 0.149. The fraction of sp³-hybridized carbons (Fsp3) is 0.816. The third-order valence-electron chi connectivity index (χ3n) is 7.07. The molecule has 0 atom stereocenters. The lowest BCUT2D eigenvalue weighted by molar-refractivity contribution is -0.145. The maximum absolute atomic E-state index is 11.6. The maximum Gasteiger partial charge on any atom is 0.305 e. The molecule has 0 amide bonds. The molecule has 0 unspecified atom stereocenters. The summed E-state index contributed by atoms with van der Waals surface area (Å²) in [6.07, 6.45) is 6.06. The second-order valence-corrected chi connectivity index (χ2v) is 11.5. The van der Waals surface area contributed by atoms with E-state index >= 15 is 0 Å². The zero-order valence-corrected chi connectivity index (χ0v) is 32.3. The molecule has 0 radical (unpaired) electrons. The van der Waals surface area contributed by atoms with Gasteiger partial charge in [0, 0.05) is 12.1 Å². The molecule has 0 saturated heterocycles. The molecule has 0 bridgehead atoms. The van der Waals surface area contributed by atoms with E-state index in [-0.39, 0.29) is 12.6 Å². The van der Waals surface area contributed by atoms with Crippen LogP contribution in [0, 0.1) is 0 Å². The van der Waals surface area contributed by atoms with Crippen LogP contribution in [0.5, 0.6) is 5.75 Å². The van der Waals surface area contributed by atoms with Crippen molar-refractivity contribution in [2.75, 3.05) is 164 Å². The first-order valence-electron chi connectivity index (χ1n) is 19.2. The Labute approximate surface area is 317 Å². The standard InChI is InChI=1S/C38H69NO14/c1-2-3-4-5-6-7-38(40)53-35-33-51-31-29-49-27-25-47-23-21-45-19-17-43-15-13-41-12-14-42-16-18-44-20-22-46-24-26-48-28-30-50-32-34-52-37-10-8-36(39)9-11-37/h8-11H,2-7,12-35,39H2,1H3. The van der Waals surface area contributed by atoms with E-state index in [4.69, 9.17) is 67.3 Å². The number of unbranched alkanes of at least 4 members (excludes halogenated alkanes) is 4. The second kappa shape index (κ2) is 41.0. The van der Waals surface area contributed by atoms with Crippen molar-refractivity contribution in [2.45, 2.75) is 45.4 Å². The highest BCUT2D eigenvalue weighted by Gasteiger charge is 2.03. The molecular formula is C38H69NO14. The number of esters is 1. The monoisotopic (exact) mass is 763 g/mol. The molecule has 310 valence electrons. The van der Waals surface area contributed by atoms with Gasteiger partial charge in [-0.2, -0.15) is 0 Å². The van der Waals surface area contributed by atoms with Gasteiger partial charge in [-0.3, -0.25) is 4.79 Å². The minimum atomic E-state index is -0.149. The van der Waals surface area contributed by atoms with Crippen LogP contribution in [0.2, 0.25) is 0 Å². The van der Waals surface area contributed by atoms with E-state index in [2.05, 4.69) is 6.92 Å². The third kappa shape index (κ3) is 37.9. The van der Waals surface area contributed by atoms with Gasteiger partial charge in [-0.05, 0) is 30.7 Å². The highest BCUT2D eigenvalue weighted by molar-refractivity contribution is 5.69. The van der Waals surface area contributed by atoms with Crippen molar-refractivity contribution in [1.29, 1.82) is 0 Å². The normalized spacial score (nSPS) is 11.3. The van der Waals surface area contributed by atoms with Gasteiger partial charge < -0.3 is 67.3 Å². The van der Waals surface area contributed by atoms with Gasteiger partial charge in [0.2, 0.25) is 0 Å². The van der Waals surface area contributed by atoms with Crippen molar-refractivity contribution in [3.8, 4) is 5.75 Å². The number of hydrogen-bond acceptors (Lipinski definition) is 15. The van der Waals surface area contributed by atoms with E-state index in [0.29, 0.717) is 164 Å². The van der Waals surface area contributed by atoms with Crippen molar-refractivity contribution in [3.05, 3.63) is 24.3 Å². The quantitative estimate of drug-likeness (QED) is 0.0581. The van der Waals surface area contributed by atoms with E-state index in [9.17, 15) is 4.79 Å². The largest absolute Gasteiger partial charge is 0.491 e. The Kier molecular flexibility index (Phi) is 37.8. The number of nitrogen functional groups attached to an aromatic ring is 1. The first-order valence-corrected chi connectivity index (χ1v) is 19.2. The van der Waals surface area contributed by atoms with Gasteiger partial charge >= 0.3 is 5.97 Å². The van der Waals surface area contributed by atoms with Crippen molar-refractivity contribution >= 4 is 11.7 Å². The summed E-state index contributed by atoms with van der Waals surface area (Å²) >= 11 is 0. The molecule has 53 heavy (non-hydrogen) atoms. The average Bonchev–Trinajstić information content (AvgIpc) is 3.16. The van der Waals surface area contributed by atoms with Crippen LogP contribution >= 0.6 is 0 Å². The van der Waals surface area contributed by atoms with Crippen molar-refractivity contribution in [2.24, 2.45) is 0 Å². The molecule has 0 aromatic heterocycles. The molecule has 15 nitrogen and oxygen atoms in total. The van der Waals surface area contributed by atoms with Gasteiger partial charge in [0.05, 0.1) is 145 Å². The average molecular weight is 764 g/mol. The van der Waals surface area contributed by atoms with Gasteiger partial charge in [0.1, 0.15) is 19.0 Å². The molecule has 0 fully saturated rings. The SMILES string of the molecule is CCCCCCCC(=O)OCCOCCOCCOCCOCCOCCOCCOCCOCCOCCOCCOCCOc1ccc(N)cc1. The zero-order valence-electron chi connectivity index (χ0n) is 32.3. The Morgan fingerprint density at radius 1 is 0.415 bits per heavy atom. The van der Waals surface area contributed by atoms with Gasteiger partial charge in [-0.25, -0.2) is 0 Å². The summed E-state index contributed by atoms with van der Waals surface area (Å²) in [7, 11) is 0. The number of anilines is 1. The molecule has 0 aliphatic carbocycles. The molecule has 1 aromatic rings. The molecule has 0 aliphatic heterocycles. The Hall–Kier alpha value is -2.15. The van der Waals surface area contributed by atoms with E-state index in [0.717, 1.165) is 18.6 Å². The van der Waals surface area contributed by atoms with Crippen LogP contribution < -0.4 is 10.5 Å². The molecule has 1 rings (SSSR count). The number of carbonyl (C=O) groups is 1. The number of ether oxygens (including phenoxy) is 13. The number of carbonyl (C=O) groups excluding carboxylic acids is 1. The molecule has 2 N–H and O–H groups in total. The fourth-order valence-electron chi connectivity index (χ4n) is 4.24. The zero-order chi connectivity index (χ0) is 38.0. The van der Waals surface area contributed by atoms with E-state index in [1.807, 2.05) is 12.1 Å². The molecule has 15 heteroatoms. The number of nitrogens with two attached hydrogens (primary N) is 1. The molecule has 0 aliphatic rings. The maximum atomic E-state index is 11.6. The molecule has 0 spiro atoms. The molecule has 1 aromatic carbocycles. The molecule has 0 saturated carbocycles. The van der Waals surface area contributed by atoms with Crippen molar-refractivity contribution < 1.29 is 66.4 Å². The summed E-state index contributed by atoms with van der Waals surface area (Å²) in [4.78, 5) is 11.6. The number of benzene rings is 1. The molecular weight excluding hydrogens is 694 g/mol. The summed E-state index contributed by atoms with van der Waals surface area (Å²) in [5.74, 6) is 0.619. The van der Waals surface area contributed by atoms with Crippen LogP contribution in [0.25, 0.3) is 0 Å². The lowest BCUT2D eigenvalue weighted by Crippen LogP contribution is -2.16. The first-order chi connectivity index (χ1) is 26.2. The van der Waals surface area contributed by atoms with Gasteiger partial charge in [0.25, 0.3) is 0 Å². The summed E-state index contributed by atoms with van der Waals surface area (Å²) in [6, 6.07) is 7.26. The lowest BCUT2D eigenvalue weighted by atomic mass is 10.1. The predicted octanol–water partition coefficient (Wildman–Crippen LogP) is 3.73. The number of hydrogen-bond donors (Lipinski definition) is 1. The van der Waals surface area contributed by atoms with E-state index in [1.54, 1.807) is 12.1 Å². The van der Waals surface area contributed by atoms with E-state index in [1.165, 1.54) is 19.3 Å². The first kappa shape index (κ1) is 48.9. The van der Waals surface area contributed by atoms with Crippen LogP contribution in [-0.4, -0.2) is 165 Å². The summed E-state index contributed by atoms with van der Waals surface area (Å²) in [5.41, 5.74) is 6.35. The van der Waals surface area contributed by atoms with Crippen LogP contribution in [0.1, 0.15) is 45.4 Å². The highest BCUT2D eigenvalue weighted by Crippen LogP contribution is 2.12. The topological polar surface area (TPSA) is 163 Å². The van der Waals surface area contributed by atoms with E-state index < -0.39 is 0 Å². The van der Waals surface area contributed by atoms with Gasteiger partial charge in [0.15, 0.2) is 0 Å². The second-order valence-electron chi connectivity index (χ2n) is 11.5. The summed E-state index contributed by atoms with van der Waals surface area (Å²) in [6.45, 7) is 13.6. The predicted molar refractivity (Wildman–Crippen MR) is 200 cm³/mol. The van der Waals surface area contributed by atoms with Crippen LogP contribution in [0.4, 0.5) is 5.69 Å². The fourth-order valence-corrected chi connectivity index (χ4v) is 4.24.